The second-order valence-corrected chi connectivity index (χ2v) is 5.04. The van der Waals surface area contributed by atoms with Gasteiger partial charge in [0.05, 0.1) is 6.10 Å². The highest BCUT2D eigenvalue weighted by atomic mass is 16.6. The Balaban J connectivity index is 1.82. The number of aliphatic hydroxyl groups excluding tert-OH is 2. The van der Waals surface area contributed by atoms with Gasteiger partial charge in [0.15, 0.2) is 6.23 Å². The molecule has 1 saturated heterocycles. The maximum atomic E-state index is 11.8. The Bertz CT molecular complexity index is 705. The summed E-state index contributed by atoms with van der Waals surface area (Å²) in [6.45, 7) is 0. The molecule has 1 radical (unpaired) electrons. The van der Waals surface area contributed by atoms with Crippen LogP contribution in [0.15, 0.2) is 35.4 Å². The molecule has 1 fully saturated rings. The Kier molecular flexibility index (Phi) is 3.88. The Morgan fingerprint density at radius 3 is 2.86 bits per heavy atom. The van der Waals surface area contributed by atoms with E-state index in [1.165, 1.54) is 0 Å². The lowest BCUT2D eigenvalue weighted by Gasteiger charge is -2.16. The SMILES string of the molecule is Nc1ncn(C2O[C@H](Cc3[c]cccc3)[C@@H](O)[C@H]2O)c(=O)n1. The highest BCUT2D eigenvalue weighted by molar-refractivity contribution is 5.15. The smallest absolute Gasteiger partial charge is 0.354 e. The van der Waals surface area contributed by atoms with Crippen LogP contribution in [0.25, 0.3) is 0 Å². The van der Waals surface area contributed by atoms with E-state index in [0.29, 0.717) is 6.42 Å². The number of nitrogens with zero attached hydrogens (tertiary/aromatic N) is 3. The number of rotatable bonds is 3. The highest BCUT2D eigenvalue weighted by Gasteiger charge is 2.44. The number of aromatic nitrogens is 3. The van der Waals surface area contributed by atoms with Gasteiger partial charge in [0, 0.05) is 6.42 Å². The number of anilines is 1. The predicted octanol–water partition coefficient (Wildman–Crippen LogP) is -1.12. The molecule has 22 heavy (non-hydrogen) atoms. The molecule has 0 bridgehead atoms. The van der Waals surface area contributed by atoms with Crippen molar-refractivity contribution in [3.63, 3.8) is 0 Å². The largest absolute Gasteiger partial charge is 0.388 e. The summed E-state index contributed by atoms with van der Waals surface area (Å²) in [5, 5.41) is 20.2. The fourth-order valence-electron chi connectivity index (χ4n) is 2.43. The van der Waals surface area contributed by atoms with Crippen molar-refractivity contribution in [3.8, 4) is 0 Å². The minimum absolute atomic E-state index is 0.162. The van der Waals surface area contributed by atoms with E-state index in [4.69, 9.17) is 10.5 Å². The zero-order chi connectivity index (χ0) is 15.7. The molecule has 2 aromatic rings. The number of hydrogen-bond donors (Lipinski definition) is 3. The average Bonchev–Trinajstić information content (AvgIpc) is 2.77. The molecule has 4 atom stereocenters. The van der Waals surface area contributed by atoms with Crippen molar-refractivity contribution in [1.82, 2.24) is 14.5 Å². The van der Waals surface area contributed by atoms with Crippen LogP contribution in [-0.4, -0.2) is 43.1 Å². The van der Waals surface area contributed by atoms with Crippen LogP contribution in [0.5, 0.6) is 0 Å². The maximum absolute atomic E-state index is 11.8. The topological polar surface area (TPSA) is 123 Å². The van der Waals surface area contributed by atoms with Crippen LogP contribution in [0.4, 0.5) is 5.95 Å². The van der Waals surface area contributed by atoms with E-state index in [1.807, 2.05) is 18.2 Å². The van der Waals surface area contributed by atoms with E-state index in [-0.39, 0.29) is 5.95 Å². The number of aliphatic hydroxyl groups is 2. The van der Waals surface area contributed by atoms with Gasteiger partial charge in [0.2, 0.25) is 5.95 Å². The van der Waals surface area contributed by atoms with Crippen molar-refractivity contribution in [2.75, 3.05) is 5.73 Å². The van der Waals surface area contributed by atoms with Crippen LogP contribution in [0.2, 0.25) is 0 Å². The molecule has 0 spiro atoms. The molecule has 4 N–H and O–H groups in total. The van der Waals surface area contributed by atoms with Crippen LogP contribution in [-0.2, 0) is 11.2 Å². The first-order valence-electron chi connectivity index (χ1n) is 6.74. The Labute approximate surface area is 125 Å². The lowest BCUT2D eigenvalue weighted by Crippen LogP contribution is -2.36. The van der Waals surface area contributed by atoms with Crippen LogP contribution in [0.1, 0.15) is 11.8 Å². The van der Waals surface area contributed by atoms with Crippen molar-refractivity contribution >= 4 is 5.95 Å². The standard InChI is InChI=1S/C14H15N4O4/c15-13-16-7-18(14(21)17-13)12-11(20)10(19)9(22-12)6-8-4-2-1-3-5-8/h1-4,7,9-12,19-20H,6H2,(H2,15,17,21)/t9-,10-,11-,12?/m1/s1. The van der Waals surface area contributed by atoms with E-state index in [2.05, 4.69) is 16.0 Å². The minimum Gasteiger partial charge on any atom is -0.388 e. The van der Waals surface area contributed by atoms with Crippen LogP contribution in [0, 0.1) is 6.07 Å². The molecule has 1 aromatic heterocycles. The van der Waals surface area contributed by atoms with Gasteiger partial charge in [-0.3, -0.25) is 4.57 Å². The highest BCUT2D eigenvalue weighted by Crippen LogP contribution is 2.30. The van der Waals surface area contributed by atoms with E-state index in [9.17, 15) is 15.0 Å². The zero-order valence-corrected chi connectivity index (χ0v) is 11.5. The first-order chi connectivity index (χ1) is 10.6. The lowest BCUT2D eigenvalue weighted by molar-refractivity contribution is -0.0400. The molecule has 1 aromatic carbocycles. The van der Waals surface area contributed by atoms with E-state index in [1.54, 1.807) is 6.07 Å². The van der Waals surface area contributed by atoms with Gasteiger partial charge >= 0.3 is 5.69 Å². The summed E-state index contributed by atoms with van der Waals surface area (Å²) in [5.41, 5.74) is 5.46. The van der Waals surface area contributed by atoms with Crippen LogP contribution in [0.3, 0.4) is 0 Å². The van der Waals surface area contributed by atoms with Crippen LogP contribution < -0.4 is 11.4 Å². The molecule has 115 valence electrons. The van der Waals surface area contributed by atoms with Gasteiger partial charge in [-0.2, -0.15) is 4.98 Å². The quantitative estimate of drug-likeness (QED) is 0.656. The van der Waals surface area contributed by atoms with Gasteiger partial charge in [0.25, 0.3) is 0 Å². The average molecular weight is 303 g/mol. The third-order valence-electron chi connectivity index (χ3n) is 3.55. The van der Waals surface area contributed by atoms with E-state index in [0.717, 1.165) is 16.5 Å². The monoisotopic (exact) mass is 303 g/mol. The number of hydrogen-bond acceptors (Lipinski definition) is 7. The molecular formula is C14H15N4O4. The van der Waals surface area contributed by atoms with Crippen molar-refractivity contribution in [2.24, 2.45) is 0 Å². The molecule has 8 nitrogen and oxygen atoms in total. The van der Waals surface area contributed by atoms with Gasteiger partial charge in [-0.25, -0.2) is 9.78 Å². The summed E-state index contributed by atoms with van der Waals surface area (Å²) in [7, 11) is 0. The fourth-order valence-corrected chi connectivity index (χ4v) is 2.43. The van der Waals surface area contributed by atoms with E-state index >= 15 is 0 Å². The summed E-state index contributed by atoms with van der Waals surface area (Å²) in [5.74, 6) is -0.162. The van der Waals surface area contributed by atoms with Gasteiger partial charge < -0.3 is 20.7 Å². The van der Waals surface area contributed by atoms with Crippen molar-refractivity contribution < 1.29 is 14.9 Å². The van der Waals surface area contributed by atoms with Crippen LogP contribution >= 0.6 is 0 Å². The maximum Gasteiger partial charge on any atom is 0.354 e. The summed E-state index contributed by atoms with van der Waals surface area (Å²) in [4.78, 5) is 19.0. The molecule has 1 aliphatic heterocycles. The fraction of sp³-hybridized carbons (Fsp3) is 0.357. The zero-order valence-electron chi connectivity index (χ0n) is 11.5. The second kappa shape index (κ2) is 5.84. The first-order valence-corrected chi connectivity index (χ1v) is 6.74. The summed E-state index contributed by atoms with van der Waals surface area (Å²) < 4.78 is 6.63. The molecular weight excluding hydrogens is 288 g/mol. The number of benzene rings is 1. The van der Waals surface area contributed by atoms with Gasteiger partial charge in [-0.05, 0) is 11.6 Å². The Morgan fingerprint density at radius 2 is 2.18 bits per heavy atom. The van der Waals surface area contributed by atoms with E-state index < -0.39 is 30.2 Å². The number of nitrogen functional groups attached to an aromatic ring is 1. The normalized spacial score (nSPS) is 27.9. The van der Waals surface area contributed by atoms with Crippen molar-refractivity contribution in [3.05, 3.63) is 52.7 Å². The summed E-state index contributed by atoms with van der Waals surface area (Å²) in [6, 6.07) is 10.3. The first kappa shape index (κ1) is 14.6. The Morgan fingerprint density at radius 1 is 1.36 bits per heavy atom. The summed E-state index contributed by atoms with van der Waals surface area (Å²) in [6.07, 6.45) is -2.62. The number of nitrogens with two attached hydrogens (primary N) is 1. The second-order valence-electron chi connectivity index (χ2n) is 5.04. The molecule has 0 amide bonds. The molecule has 1 unspecified atom stereocenters. The third kappa shape index (κ3) is 2.71. The lowest BCUT2D eigenvalue weighted by atomic mass is 10.0. The van der Waals surface area contributed by atoms with Gasteiger partial charge in [-0.1, -0.05) is 24.3 Å². The van der Waals surface area contributed by atoms with Gasteiger partial charge in [0.1, 0.15) is 18.5 Å². The van der Waals surface area contributed by atoms with Gasteiger partial charge in [-0.15, -0.1) is 0 Å². The van der Waals surface area contributed by atoms with Crippen molar-refractivity contribution in [1.29, 1.82) is 0 Å². The van der Waals surface area contributed by atoms with Crippen molar-refractivity contribution in [2.45, 2.75) is 31.0 Å². The summed E-state index contributed by atoms with van der Waals surface area (Å²) >= 11 is 0. The molecule has 3 rings (SSSR count). The number of ether oxygens (including phenoxy) is 1. The third-order valence-corrected chi connectivity index (χ3v) is 3.55. The molecule has 0 aliphatic carbocycles. The molecule has 0 saturated carbocycles. The predicted molar refractivity (Wildman–Crippen MR) is 75.6 cm³/mol. The molecule has 8 heteroatoms. The molecule has 2 heterocycles. The Hall–Kier alpha value is -2.29. The molecule has 1 aliphatic rings. The minimum atomic E-state index is -1.27.